The molecule has 3 aromatic rings. The quantitative estimate of drug-likeness (QED) is 0.755. The van der Waals surface area contributed by atoms with Gasteiger partial charge in [0.15, 0.2) is 0 Å². The summed E-state index contributed by atoms with van der Waals surface area (Å²) in [6.45, 7) is 4.54. The van der Waals surface area contributed by atoms with Crippen LogP contribution in [0.15, 0.2) is 23.6 Å². The molecule has 0 unspecified atom stereocenters. The molecule has 3 rings (SSSR count). The summed E-state index contributed by atoms with van der Waals surface area (Å²) in [5.74, 6) is -0.139. The molecule has 0 aliphatic rings. The van der Waals surface area contributed by atoms with Crippen molar-refractivity contribution in [2.75, 3.05) is 6.54 Å². The van der Waals surface area contributed by atoms with E-state index in [1.165, 1.54) is 4.88 Å². The van der Waals surface area contributed by atoms with E-state index in [9.17, 15) is 4.79 Å². The molecule has 3 heterocycles. The van der Waals surface area contributed by atoms with Crippen LogP contribution in [0.25, 0.3) is 11.3 Å². The van der Waals surface area contributed by atoms with Crippen molar-refractivity contribution < 1.29 is 4.79 Å². The van der Waals surface area contributed by atoms with Gasteiger partial charge in [-0.05, 0) is 37.8 Å². The maximum Gasteiger partial charge on any atom is 0.269 e. The lowest BCUT2D eigenvalue weighted by atomic mass is 10.1. The van der Waals surface area contributed by atoms with E-state index in [1.54, 1.807) is 17.4 Å². The van der Waals surface area contributed by atoms with Crippen molar-refractivity contribution in [2.24, 2.45) is 7.05 Å². The molecule has 23 heavy (non-hydrogen) atoms. The van der Waals surface area contributed by atoms with Crippen LogP contribution in [0.4, 0.5) is 0 Å². The molecule has 0 bridgehead atoms. The minimum Gasteiger partial charge on any atom is -0.350 e. The van der Waals surface area contributed by atoms with Gasteiger partial charge in [0.05, 0.1) is 11.4 Å². The molecule has 0 spiro atoms. The molecule has 2 N–H and O–H groups in total. The average Bonchev–Trinajstić information content (AvgIpc) is 3.22. The Hall–Kier alpha value is -2.41. The van der Waals surface area contributed by atoms with E-state index in [0.29, 0.717) is 12.2 Å². The fourth-order valence-electron chi connectivity index (χ4n) is 2.56. The van der Waals surface area contributed by atoms with Gasteiger partial charge in [-0.1, -0.05) is 6.07 Å². The summed E-state index contributed by atoms with van der Waals surface area (Å²) in [6, 6.07) is 5.86. The van der Waals surface area contributed by atoms with Crippen LogP contribution < -0.4 is 5.32 Å². The Morgan fingerprint density at radius 2 is 2.26 bits per heavy atom. The Bertz CT molecular complexity index is 816. The van der Waals surface area contributed by atoms with Crippen LogP contribution in [0.1, 0.15) is 26.8 Å². The van der Waals surface area contributed by atoms with Gasteiger partial charge in [0.25, 0.3) is 5.91 Å². The van der Waals surface area contributed by atoms with Crippen LogP contribution >= 0.6 is 11.3 Å². The largest absolute Gasteiger partial charge is 0.350 e. The number of aryl methyl sites for hydroxylation is 2. The molecule has 0 aromatic carbocycles. The van der Waals surface area contributed by atoms with E-state index in [0.717, 1.165) is 29.1 Å². The van der Waals surface area contributed by atoms with Crippen molar-refractivity contribution in [3.8, 4) is 11.3 Å². The fourth-order valence-corrected chi connectivity index (χ4v) is 3.27. The molecule has 0 saturated heterocycles. The van der Waals surface area contributed by atoms with Crippen molar-refractivity contribution >= 4 is 17.2 Å². The monoisotopic (exact) mass is 329 g/mol. The van der Waals surface area contributed by atoms with E-state index in [2.05, 4.69) is 26.7 Å². The summed E-state index contributed by atoms with van der Waals surface area (Å²) < 4.78 is 1.82. The average molecular weight is 329 g/mol. The summed E-state index contributed by atoms with van der Waals surface area (Å²) in [5.41, 5.74) is 4.12. The van der Waals surface area contributed by atoms with Gasteiger partial charge in [-0.2, -0.15) is 10.2 Å². The number of H-pyrrole nitrogens is 1. The molecule has 6 nitrogen and oxygen atoms in total. The summed E-state index contributed by atoms with van der Waals surface area (Å²) in [7, 11) is 1.90. The highest BCUT2D eigenvalue weighted by molar-refractivity contribution is 7.09. The minimum atomic E-state index is -0.139. The summed E-state index contributed by atoms with van der Waals surface area (Å²) in [5, 5.41) is 16.4. The van der Waals surface area contributed by atoms with Gasteiger partial charge in [-0.15, -0.1) is 11.3 Å². The summed E-state index contributed by atoms with van der Waals surface area (Å²) >= 11 is 1.70. The van der Waals surface area contributed by atoms with Gasteiger partial charge in [0.1, 0.15) is 5.69 Å². The standard InChI is InChI=1S/C16H19N5OS/c1-10-15(11(2)21(3)20-10)13-9-14(19-18-13)16(22)17-7-6-12-5-4-8-23-12/h4-5,8-9H,6-7H2,1-3H3,(H,17,22)(H,18,19). The third-order valence-electron chi connectivity index (χ3n) is 3.82. The molecule has 0 aliphatic heterocycles. The second kappa shape index (κ2) is 6.37. The maximum absolute atomic E-state index is 12.2. The Balaban J connectivity index is 1.67. The molecular weight excluding hydrogens is 310 g/mol. The second-order valence-corrected chi connectivity index (χ2v) is 6.45. The van der Waals surface area contributed by atoms with Gasteiger partial charge in [0, 0.05) is 29.7 Å². The number of aromatic amines is 1. The maximum atomic E-state index is 12.2. The lowest BCUT2D eigenvalue weighted by Crippen LogP contribution is -2.25. The predicted octanol–water partition coefficient (Wildman–Crippen LogP) is 2.46. The topological polar surface area (TPSA) is 75.6 Å². The lowest BCUT2D eigenvalue weighted by molar-refractivity contribution is 0.0949. The number of carbonyl (C=O) groups is 1. The summed E-state index contributed by atoms with van der Waals surface area (Å²) in [4.78, 5) is 13.5. The first kappa shape index (κ1) is 15.5. The Morgan fingerprint density at radius 1 is 1.43 bits per heavy atom. The van der Waals surface area contributed by atoms with Crippen molar-refractivity contribution in [1.82, 2.24) is 25.3 Å². The molecule has 0 aliphatic carbocycles. The number of thiophene rings is 1. The van der Waals surface area contributed by atoms with Crippen molar-refractivity contribution in [3.05, 3.63) is 45.5 Å². The van der Waals surface area contributed by atoms with E-state index in [4.69, 9.17) is 0 Å². The van der Waals surface area contributed by atoms with Crippen LogP contribution in [-0.2, 0) is 13.5 Å². The van der Waals surface area contributed by atoms with E-state index in [-0.39, 0.29) is 5.91 Å². The van der Waals surface area contributed by atoms with Gasteiger partial charge in [-0.25, -0.2) is 0 Å². The number of carbonyl (C=O) groups excluding carboxylic acids is 1. The third-order valence-corrected chi connectivity index (χ3v) is 4.76. The van der Waals surface area contributed by atoms with Crippen LogP contribution in [0.3, 0.4) is 0 Å². The first-order valence-corrected chi connectivity index (χ1v) is 8.31. The lowest BCUT2D eigenvalue weighted by Gasteiger charge is -2.01. The van der Waals surface area contributed by atoms with Gasteiger partial charge in [-0.3, -0.25) is 14.6 Å². The van der Waals surface area contributed by atoms with Crippen LogP contribution in [-0.4, -0.2) is 32.4 Å². The Morgan fingerprint density at radius 3 is 2.91 bits per heavy atom. The molecule has 0 atom stereocenters. The van der Waals surface area contributed by atoms with Crippen molar-refractivity contribution in [3.63, 3.8) is 0 Å². The highest BCUT2D eigenvalue weighted by Gasteiger charge is 2.16. The minimum absolute atomic E-state index is 0.139. The number of aromatic nitrogens is 4. The van der Waals surface area contributed by atoms with Gasteiger partial charge < -0.3 is 5.32 Å². The second-order valence-electron chi connectivity index (χ2n) is 5.42. The molecule has 7 heteroatoms. The first-order valence-electron chi connectivity index (χ1n) is 7.43. The molecule has 120 valence electrons. The Kier molecular flexibility index (Phi) is 4.29. The number of nitrogens with one attached hydrogen (secondary N) is 2. The van der Waals surface area contributed by atoms with Crippen LogP contribution in [0, 0.1) is 13.8 Å². The molecule has 0 radical (unpaired) electrons. The van der Waals surface area contributed by atoms with Crippen LogP contribution in [0.5, 0.6) is 0 Å². The first-order chi connectivity index (χ1) is 11.1. The number of amides is 1. The zero-order valence-corrected chi connectivity index (χ0v) is 14.2. The molecule has 0 saturated carbocycles. The fraction of sp³-hybridized carbons (Fsp3) is 0.312. The number of hydrogen-bond donors (Lipinski definition) is 2. The highest BCUT2D eigenvalue weighted by Crippen LogP contribution is 2.25. The number of nitrogens with zero attached hydrogens (tertiary/aromatic N) is 3. The smallest absolute Gasteiger partial charge is 0.269 e. The molecule has 0 fully saturated rings. The number of rotatable bonds is 5. The van der Waals surface area contributed by atoms with Crippen LogP contribution in [0.2, 0.25) is 0 Å². The highest BCUT2D eigenvalue weighted by atomic mass is 32.1. The zero-order valence-electron chi connectivity index (χ0n) is 13.4. The molecular formula is C16H19N5OS. The van der Waals surface area contributed by atoms with Gasteiger partial charge in [0.2, 0.25) is 0 Å². The SMILES string of the molecule is Cc1nn(C)c(C)c1-c1cc(C(=O)NCCc2cccs2)[nH]n1. The normalized spacial score (nSPS) is 10.9. The zero-order chi connectivity index (χ0) is 16.4. The predicted molar refractivity (Wildman–Crippen MR) is 90.6 cm³/mol. The van der Waals surface area contributed by atoms with Crippen molar-refractivity contribution in [2.45, 2.75) is 20.3 Å². The number of hydrogen-bond acceptors (Lipinski definition) is 4. The Labute approximate surface area is 138 Å². The van der Waals surface area contributed by atoms with E-state index < -0.39 is 0 Å². The van der Waals surface area contributed by atoms with E-state index in [1.807, 2.05) is 37.0 Å². The molecule has 1 amide bonds. The third kappa shape index (κ3) is 3.19. The molecule has 3 aromatic heterocycles. The summed E-state index contributed by atoms with van der Waals surface area (Å²) in [6.07, 6.45) is 0.839. The van der Waals surface area contributed by atoms with Gasteiger partial charge >= 0.3 is 0 Å². The van der Waals surface area contributed by atoms with E-state index >= 15 is 0 Å². The van der Waals surface area contributed by atoms with Crippen molar-refractivity contribution in [1.29, 1.82) is 0 Å².